The van der Waals surface area contributed by atoms with Gasteiger partial charge in [-0.15, -0.1) is 0 Å². The largest absolute Gasteiger partial charge is 0.300 e. The summed E-state index contributed by atoms with van der Waals surface area (Å²) < 4.78 is 0. The van der Waals surface area contributed by atoms with Crippen LogP contribution in [0.1, 0.15) is 71.1 Å². The van der Waals surface area contributed by atoms with Crippen molar-refractivity contribution in [3.63, 3.8) is 0 Å². The zero-order chi connectivity index (χ0) is 12.1. The summed E-state index contributed by atoms with van der Waals surface area (Å²) in [5.41, 5.74) is 0.648. The van der Waals surface area contributed by atoms with E-state index in [1.165, 1.54) is 44.9 Å². The molecule has 0 spiro atoms. The van der Waals surface area contributed by atoms with Gasteiger partial charge < -0.3 is 0 Å². The first-order valence-corrected chi connectivity index (χ1v) is 7.42. The lowest BCUT2D eigenvalue weighted by Crippen LogP contribution is -2.28. The topological polar surface area (TPSA) is 17.1 Å². The zero-order valence-electron chi connectivity index (χ0n) is 11.2. The molecule has 2 aliphatic rings. The van der Waals surface area contributed by atoms with E-state index in [2.05, 4.69) is 19.1 Å². The fourth-order valence-electron chi connectivity index (χ4n) is 3.30. The third kappa shape index (κ3) is 3.43. The molecule has 0 amide bonds. The first-order chi connectivity index (χ1) is 8.24. The molecule has 0 radical (unpaired) electrons. The Morgan fingerprint density at radius 2 is 2.24 bits per heavy atom. The van der Waals surface area contributed by atoms with Gasteiger partial charge in [-0.05, 0) is 43.4 Å². The van der Waals surface area contributed by atoms with Gasteiger partial charge in [0.1, 0.15) is 5.78 Å². The molecular formula is C16H26O. The van der Waals surface area contributed by atoms with Crippen molar-refractivity contribution in [2.75, 3.05) is 0 Å². The summed E-state index contributed by atoms with van der Waals surface area (Å²) in [7, 11) is 0. The summed E-state index contributed by atoms with van der Waals surface area (Å²) in [6.07, 6.45) is 17.1. The van der Waals surface area contributed by atoms with Crippen LogP contribution in [0.4, 0.5) is 0 Å². The molecule has 1 atom stereocenters. The molecule has 1 unspecified atom stereocenters. The minimum absolute atomic E-state index is 0.462. The van der Waals surface area contributed by atoms with E-state index in [9.17, 15) is 4.79 Å². The van der Waals surface area contributed by atoms with Crippen molar-refractivity contribution in [1.82, 2.24) is 0 Å². The van der Waals surface area contributed by atoms with Gasteiger partial charge in [0.15, 0.2) is 0 Å². The molecule has 1 nitrogen and oxygen atoms in total. The number of hydrogen-bond donors (Lipinski definition) is 0. The van der Waals surface area contributed by atoms with Gasteiger partial charge in [0.25, 0.3) is 0 Å². The van der Waals surface area contributed by atoms with E-state index >= 15 is 0 Å². The number of ketones is 1. The Bertz CT molecular complexity index is 286. The van der Waals surface area contributed by atoms with Crippen molar-refractivity contribution in [3.05, 3.63) is 12.2 Å². The molecule has 0 aromatic carbocycles. The summed E-state index contributed by atoms with van der Waals surface area (Å²) in [5.74, 6) is 1.02. The molecule has 0 aromatic rings. The van der Waals surface area contributed by atoms with Gasteiger partial charge in [-0.2, -0.15) is 0 Å². The zero-order valence-corrected chi connectivity index (χ0v) is 11.2. The van der Waals surface area contributed by atoms with Crippen LogP contribution in [0.3, 0.4) is 0 Å². The molecule has 0 aromatic heterocycles. The quantitative estimate of drug-likeness (QED) is 0.611. The van der Waals surface area contributed by atoms with Gasteiger partial charge in [0, 0.05) is 12.8 Å². The predicted octanol–water partition coefficient (Wildman–Crippen LogP) is 4.66. The minimum atomic E-state index is 0.462. The van der Waals surface area contributed by atoms with Gasteiger partial charge in [-0.1, -0.05) is 38.3 Å². The summed E-state index contributed by atoms with van der Waals surface area (Å²) in [6, 6.07) is 0. The van der Waals surface area contributed by atoms with Crippen molar-refractivity contribution < 1.29 is 4.79 Å². The number of unbranched alkanes of at least 4 members (excludes halogenated alkanes) is 1. The van der Waals surface area contributed by atoms with Gasteiger partial charge in [-0.3, -0.25) is 4.79 Å². The lowest BCUT2D eigenvalue weighted by molar-refractivity contribution is -0.117. The molecule has 0 saturated heterocycles. The second kappa shape index (κ2) is 5.84. The number of rotatable bonds is 6. The van der Waals surface area contributed by atoms with Crippen LogP contribution in [0.5, 0.6) is 0 Å². The highest BCUT2D eigenvalue weighted by atomic mass is 16.1. The number of carbonyl (C=O) groups is 1. The van der Waals surface area contributed by atoms with Crippen LogP contribution in [0.25, 0.3) is 0 Å². The van der Waals surface area contributed by atoms with E-state index in [4.69, 9.17) is 0 Å². The van der Waals surface area contributed by atoms with Crippen molar-refractivity contribution in [2.24, 2.45) is 11.3 Å². The van der Waals surface area contributed by atoms with Gasteiger partial charge in [-0.25, -0.2) is 0 Å². The molecule has 17 heavy (non-hydrogen) atoms. The van der Waals surface area contributed by atoms with Crippen molar-refractivity contribution >= 4 is 5.78 Å². The molecule has 2 rings (SSSR count). The van der Waals surface area contributed by atoms with Crippen LogP contribution in [-0.2, 0) is 4.79 Å². The van der Waals surface area contributed by atoms with E-state index < -0.39 is 0 Å². The minimum Gasteiger partial charge on any atom is -0.300 e. The van der Waals surface area contributed by atoms with Crippen molar-refractivity contribution in [2.45, 2.75) is 71.1 Å². The molecule has 0 bridgehead atoms. The monoisotopic (exact) mass is 234 g/mol. The fraction of sp³-hybridized carbons (Fsp3) is 0.812. The second-order valence-electron chi connectivity index (χ2n) is 6.13. The smallest absolute Gasteiger partial charge is 0.133 e. The molecule has 0 N–H and O–H groups in total. The standard InChI is InChI=1S/C16H26O/c1-2-3-9-16(11-5-12-16)10-4-6-14-7-8-15(17)13-14/h4,6,14H,2-3,5,7-13H2,1H3/b6-4+. The molecule has 2 aliphatic carbocycles. The maximum absolute atomic E-state index is 11.2. The van der Waals surface area contributed by atoms with Crippen LogP contribution >= 0.6 is 0 Å². The summed E-state index contributed by atoms with van der Waals surface area (Å²) in [6.45, 7) is 2.28. The Labute approximate surface area is 106 Å². The molecule has 96 valence electrons. The first kappa shape index (κ1) is 12.9. The van der Waals surface area contributed by atoms with Gasteiger partial charge >= 0.3 is 0 Å². The van der Waals surface area contributed by atoms with Crippen LogP contribution < -0.4 is 0 Å². The Hall–Kier alpha value is -0.590. The number of hydrogen-bond acceptors (Lipinski definition) is 1. The Kier molecular flexibility index (Phi) is 4.42. The highest BCUT2D eigenvalue weighted by Gasteiger charge is 2.34. The number of allylic oxidation sites excluding steroid dienone is 2. The average Bonchev–Trinajstić information content (AvgIpc) is 2.67. The molecule has 1 heteroatoms. The van der Waals surface area contributed by atoms with E-state index in [1.807, 2.05) is 0 Å². The Morgan fingerprint density at radius 1 is 1.41 bits per heavy atom. The van der Waals surface area contributed by atoms with Gasteiger partial charge in [0.05, 0.1) is 0 Å². The number of carbonyl (C=O) groups excluding carboxylic acids is 1. The highest BCUT2D eigenvalue weighted by molar-refractivity contribution is 5.80. The van der Waals surface area contributed by atoms with E-state index in [-0.39, 0.29) is 0 Å². The third-order valence-corrected chi connectivity index (χ3v) is 4.72. The van der Waals surface area contributed by atoms with Crippen molar-refractivity contribution in [3.8, 4) is 0 Å². The molecule has 0 aliphatic heterocycles. The maximum Gasteiger partial charge on any atom is 0.133 e. The second-order valence-corrected chi connectivity index (χ2v) is 6.13. The third-order valence-electron chi connectivity index (χ3n) is 4.72. The molecule has 0 heterocycles. The average molecular weight is 234 g/mol. The van der Waals surface area contributed by atoms with Crippen LogP contribution in [0, 0.1) is 11.3 Å². The first-order valence-electron chi connectivity index (χ1n) is 7.42. The molecule has 2 fully saturated rings. The normalized spacial score (nSPS) is 27.6. The van der Waals surface area contributed by atoms with Crippen LogP contribution in [-0.4, -0.2) is 5.78 Å². The Morgan fingerprint density at radius 3 is 2.76 bits per heavy atom. The van der Waals surface area contributed by atoms with Gasteiger partial charge in [0.2, 0.25) is 0 Å². The van der Waals surface area contributed by atoms with E-state index in [0.717, 1.165) is 19.3 Å². The van der Waals surface area contributed by atoms with Crippen LogP contribution in [0.15, 0.2) is 12.2 Å². The summed E-state index contributed by atoms with van der Waals surface area (Å²) in [5, 5.41) is 0. The van der Waals surface area contributed by atoms with E-state index in [1.54, 1.807) is 0 Å². The highest BCUT2D eigenvalue weighted by Crippen LogP contribution is 2.48. The van der Waals surface area contributed by atoms with Crippen molar-refractivity contribution in [1.29, 1.82) is 0 Å². The van der Waals surface area contributed by atoms with Crippen LogP contribution in [0.2, 0.25) is 0 Å². The SMILES string of the molecule is CCCCC1(C/C=C/C2CCC(=O)C2)CCC1. The lowest BCUT2D eigenvalue weighted by atomic mass is 9.64. The molecular weight excluding hydrogens is 208 g/mol. The van der Waals surface area contributed by atoms with E-state index in [0.29, 0.717) is 17.1 Å². The lowest BCUT2D eigenvalue weighted by Gasteiger charge is -2.41. The number of Topliss-reactive ketones (excluding diaryl/α,β-unsaturated/α-hetero) is 1. The predicted molar refractivity (Wildman–Crippen MR) is 71.9 cm³/mol. The summed E-state index contributed by atoms with van der Waals surface area (Å²) in [4.78, 5) is 11.2. The summed E-state index contributed by atoms with van der Waals surface area (Å²) >= 11 is 0. The molecule has 2 saturated carbocycles. The fourth-order valence-corrected chi connectivity index (χ4v) is 3.30. The maximum atomic E-state index is 11.2. The Balaban J connectivity index is 1.75.